The van der Waals surface area contributed by atoms with Crippen molar-refractivity contribution in [2.75, 3.05) is 18.4 Å². The van der Waals surface area contributed by atoms with E-state index in [-0.39, 0.29) is 17.9 Å². The molecule has 2 amide bonds. The number of anilines is 1. The van der Waals surface area contributed by atoms with Crippen LogP contribution in [-0.4, -0.2) is 30.9 Å². The van der Waals surface area contributed by atoms with E-state index in [2.05, 4.69) is 16.0 Å². The molecule has 0 aromatic heterocycles. The molecule has 2 rings (SSSR count). The SMILES string of the molecule is CC(=O)Nc1ccc(C(=O)NC2CCCNC2)cc1. The molecule has 0 saturated carbocycles. The number of hydrogen-bond donors (Lipinski definition) is 3. The zero-order chi connectivity index (χ0) is 13.7. The molecule has 1 aromatic rings. The minimum Gasteiger partial charge on any atom is -0.348 e. The van der Waals surface area contributed by atoms with Crippen molar-refractivity contribution >= 4 is 17.5 Å². The van der Waals surface area contributed by atoms with E-state index in [1.54, 1.807) is 24.3 Å². The van der Waals surface area contributed by atoms with Gasteiger partial charge in [0.25, 0.3) is 5.91 Å². The largest absolute Gasteiger partial charge is 0.348 e. The monoisotopic (exact) mass is 261 g/mol. The van der Waals surface area contributed by atoms with Gasteiger partial charge in [0.2, 0.25) is 5.91 Å². The summed E-state index contributed by atoms with van der Waals surface area (Å²) in [6, 6.07) is 7.11. The number of benzene rings is 1. The van der Waals surface area contributed by atoms with E-state index in [1.165, 1.54) is 6.92 Å². The molecular weight excluding hydrogens is 242 g/mol. The lowest BCUT2D eigenvalue weighted by molar-refractivity contribution is -0.114. The number of hydrogen-bond acceptors (Lipinski definition) is 3. The van der Waals surface area contributed by atoms with Crippen molar-refractivity contribution < 1.29 is 9.59 Å². The maximum atomic E-state index is 12.0. The summed E-state index contributed by atoms with van der Waals surface area (Å²) in [6.07, 6.45) is 2.11. The van der Waals surface area contributed by atoms with E-state index >= 15 is 0 Å². The first-order valence-electron chi connectivity index (χ1n) is 6.54. The maximum absolute atomic E-state index is 12.0. The molecule has 1 fully saturated rings. The van der Waals surface area contributed by atoms with Crippen molar-refractivity contribution in [2.24, 2.45) is 0 Å². The highest BCUT2D eigenvalue weighted by molar-refractivity contribution is 5.95. The molecule has 0 bridgehead atoms. The van der Waals surface area contributed by atoms with Crippen LogP contribution in [0.2, 0.25) is 0 Å². The van der Waals surface area contributed by atoms with Crippen LogP contribution in [0.15, 0.2) is 24.3 Å². The molecule has 1 unspecified atom stereocenters. The Bertz CT molecular complexity index is 450. The number of carbonyl (C=O) groups is 2. The molecule has 1 heterocycles. The zero-order valence-corrected chi connectivity index (χ0v) is 11.0. The second-order valence-corrected chi connectivity index (χ2v) is 4.78. The third-order valence-electron chi connectivity index (χ3n) is 3.10. The lowest BCUT2D eigenvalue weighted by atomic mass is 10.1. The zero-order valence-electron chi connectivity index (χ0n) is 11.0. The van der Waals surface area contributed by atoms with Gasteiger partial charge >= 0.3 is 0 Å². The summed E-state index contributed by atoms with van der Waals surface area (Å²) in [4.78, 5) is 22.9. The van der Waals surface area contributed by atoms with Crippen LogP contribution in [0, 0.1) is 0 Å². The van der Waals surface area contributed by atoms with Crippen LogP contribution < -0.4 is 16.0 Å². The third-order valence-corrected chi connectivity index (χ3v) is 3.10. The Hall–Kier alpha value is -1.88. The lowest BCUT2D eigenvalue weighted by Gasteiger charge is -2.23. The number of piperidine rings is 1. The molecule has 1 aromatic carbocycles. The third kappa shape index (κ3) is 4.06. The summed E-state index contributed by atoms with van der Waals surface area (Å²) >= 11 is 0. The highest BCUT2D eigenvalue weighted by Crippen LogP contribution is 2.10. The van der Waals surface area contributed by atoms with Gasteiger partial charge in [0.05, 0.1) is 0 Å². The normalized spacial score (nSPS) is 18.7. The van der Waals surface area contributed by atoms with Gasteiger partial charge in [0.1, 0.15) is 0 Å². The molecule has 102 valence electrons. The molecule has 0 aliphatic carbocycles. The number of carbonyl (C=O) groups excluding carboxylic acids is 2. The van der Waals surface area contributed by atoms with E-state index in [1.807, 2.05) is 0 Å². The molecule has 1 atom stereocenters. The van der Waals surface area contributed by atoms with Gasteiger partial charge in [-0.25, -0.2) is 0 Å². The summed E-state index contributed by atoms with van der Waals surface area (Å²) in [6.45, 7) is 3.31. The Morgan fingerprint density at radius 1 is 1.26 bits per heavy atom. The van der Waals surface area contributed by atoms with E-state index < -0.39 is 0 Å². The molecule has 19 heavy (non-hydrogen) atoms. The average molecular weight is 261 g/mol. The predicted octanol–water partition coefficient (Wildman–Crippen LogP) is 1.13. The Labute approximate surface area is 112 Å². The van der Waals surface area contributed by atoms with Gasteiger partial charge in [-0.05, 0) is 43.7 Å². The van der Waals surface area contributed by atoms with Crippen LogP contribution in [0.1, 0.15) is 30.1 Å². The number of amides is 2. The van der Waals surface area contributed by atoms with Crippen LogP contribution in [-0.2, 0) is 4.79 Å². The second kappa shape index (κ2) is 6.33. The molecule has 5 heteroatoms. The molecule has 1 aliphatic heterocycles. The quantitative estimate of drug-likeness (QED) is 0.764. The van der Waals surface area contributed by atoms with E-state index in [0.29, 0.717) is 11.3 Å². The maximum Gasteiger partial charge on any atom is 0.251 e. The minimum atomic E-state index is -0.120. The van der Waals surface area contributed by atoms with Crippen molar-refractivity contribution in [3.8, 4) is 0 Å². The minimum absolute atomic E-state index is 0.0666. The fraction of sp³-hybridized carbons (Fsp3) is 0.429. The predicted molar refractivity (Wildman–Crippen MR) is 74.1 cm³/mol. The summed E-state index contributed by atoms with van der Waals surface area (Å²) in [7, 11) is 0. The first-order chi connectivity index (χ1) is 9.15. The molecule has 0 spiro atoms. The Balaban J connectivity index is 1.93. The van der Waals surface area contributed by atoms with E-state index in [0.717, 1.165) is 25.9 Å². The van der Waals surface area contributed by atoms with E-state index in [4.69, 9.17) is 0 Å². The highest BCUT2D eigenvalue weighted by Gasteiger charge is 2.16. The number of rotatable bonds is 3. The average Bonchev–Trinajstić information content (AvgIpc) is 2.40. The van der Waals surface area contributed by atoms with Crippen molar-refractivity contribution in [2.45, 2.75) is 25.8 Å². The highest BCUT2D eigenvalue weighted by atomic mass is 16.2. The topological polar surface area (TPSA) is 70.2 Å². The van der Waals surface area contributed by atoms with Gasteiger partial charge in [-0.2, -0.15) is 0 Å². The molecule has 5 nitrogen and oxygen atoms in total. The molecule has 0 radical (unpaired) electrons. The van der Waals surface area contributed by atoms with Crippen molar-refractivity contribution in [1.29, 1.82) is 0 Å². The summed E-state index contributed by atoms with van der Waals surface area (Å²) in [5, 5.41) is 8.94. The van der Waals surface area contributed by atoms with Crippen LogP contribution in [0.4, 0.5) is 5.69 Å². The van der Waals surface area contributed by atoms with Crippen molar-refractivity contribution in [3.63, 3.8) is 0 Å². The molecular formula is C14H19N3O2. The summed E-state index contributed by atoms with van der Waals surface area (Å²) < 4.78 is 0. The first-order valence-corrected chi connectivity index (χ1v) is 6.54. The molecule has 1 aliphatic rings. The fourth-order valence-corrected chi connectivity index (χ4v) is 2.15. The summed E-state index contributed by atoms with van der Waals surface area (Å²) in [5.41, 5.74) is 1.31. The Morgan fingerprint density at radius 2 is 2.00 bits per heavy atom. The van der Waals surface area contributed by atoms with Gasteiger partial charge in [-0.3, -0.25) is 9.59 Å². The first kappa shape index (κ1) is 13.5. The van der Waals surface area contributed by atoms with Crippen molar-refractivity contribution in [1.82, 2.24) is 10.6 Å². The van der Waals surface area contributed by atoms with Crippen LogP contribution in [0.3, 0.4) is 0 Å². The standard InChI is InChI=1S/C14H19N3O2/c1-10(18)16-12-6-4-11(5-7-12)14(19)17-13-3-2-8-15-9-13/h4-7,13,15H,2-3,8-9H2,1H3,(H,16,18)(H,17,19). The smallest absolute Gasteiger partial charge is 0.251 e. The fourth-order valence-electron chi connectivity index (χ4n) is 2.15. The van der Waals surface area contributed by atoms with Crippen molar-refractivity contribution in [3.05, 3.63) is 29.8 Å². The Morgan fingerprint density at radius 3 is 2.58 bits per heavy atom. The molecule has 1 saturated heterocycles. The van der Waals surface area contributed by atoms with E-state index in [9.17, 15) is 9.59 Å². The Kier molecular flexibility index (Phi) is 4.52. The number of nitrogens with one attached hydrogen (secondary N) is 3. The second-order valence-electron chi connectivity index (χ2n) is 4.78. The lowest BCUT2D eigenvalue weighted by Crippen LogP contribution is -2.45. The van der Waals surface area contributed by atoms with Crippen LogP contribution in [0.25, 0.3) is 0 Å². The van der Waals surface area contributed by atoms with Crippen LogP contribution in [0.5, 0.6) is 0 Å². The molecule has 3 N–H and O–H groups in total. The van der Waals surface area contributed by atoms with Crippen LogP contribution >= 0.6 is 0 Å². The van der Waals surface area contributed by atoms with Gasteiger partial charge in [0.15, 0.2) is 0 Å². The summed E-state index contributed by atoms with van der Waals surface area (Å²) in [5.74, 6) is -0.187. The van der Waals surface area contributed by atoms with Gasteiger partial charge in [-0.1, -0.05) is 0 Å². The van der Waals surface area contributed by atoms with Gasteiger partial charge < -0.3 is 16.0 Å². The van der Waals surface area contributed by atoms with Gasteiger partial charge in [-0.15, -0.1) is 0 Å². The van der Waals surface area contributed by atoms with Gasteiger partial charge in [0, 0.05) is 30.8 Å².